The van der Waals surface area contributed by atoms with Crippen molar-refractivity contribution in [2.75, 3.05) is 12.3 Å². The fraction of sp³-hybridized carbons (Fsp3) is 0.143. The van der Waals surface area contributed by atoms with Crippen molar-refractivity contribution in [3.8, 4) is 16.9 Å². The number of ether oxygens (including phenoxy) is 1. The van der Waals surface area contributed by atoms with Crippen LogP contribution in [0.3, 0.4) is 0 Å². The SMILES string of the molecule is CCOc1ccc(-c2ccccc2N)cc1. The Balaban J connectivity index is 2.31. The van der Waals surface area contributed by atoms with Gasteiger partial charge in [0.05, 0.1) is 6.61 Å². The molecule has 0 aliphatic heterocycles. The minimum absolute atomic E-state index is 0.687. The van der Waals surface area contributed by atoms with Crippen molar-refractivity contribution in [3.63, 3.8) is 0 Å². The summed E-state index contributed by atoms with van der Waals surface area (Å²) >= 11 is 0. The Morgan fingerprint density at radius 3 is 2.31 bits per heavy atom. The Morgan fingerprint density at radius 1 is 1.00 bits per heavy atom. The Morgan fingerprint density at radius 2 is 1.69 bits per heavy atom. The molecule has 0 saturated heterocycles. The highest BCUT2D eigenvalue weighted by Gasteiger charge is 2.01. The molecular formula is C14H15NO. The summed E-state index contributed by atoms with van der Waals surface area (Å²) in [6, 6.07) is 15.8. The van der Waals surface area contributed by atoms with E-state index in [1.165, 1.54) is 0 Å². The van der Waals surface area contributed by atoms with Gasteiger partial charge in [-0.1, -0.05) is 30.3 Å². The molecule has 2 aromatic rings. The van der Waals surface area contributed by atoms with Crippen LogP contribution in [0.15, 0.2) is 48.5 Å². The molecule has 0 unspecified atom stereocenters. The van der Waals surface area contributed by atoms with Gasteiger partial charge in [-0.05, 0) is 30.7 Å². The van der Waals surface area contributed by atoms with Crippen molar-refractivity contribution in [2.45, 2.75) is 6.92 Å². The van der Waals surface area contributed by atoms with Crippen molar-refractivity contribution in [3.05, 3.63) is 48.5 Å². The topological polar surface area (TPSA) is 35.2 Å². The predicted octanol–water partition coefficient (Wildman–Crippen LogP) is 3.33. The lowest BCUT2D eigenvalue weighted by molar-refractivity contribution is 0.340. The molecule has 2 heteroatoms. The van der Waals surface area contributed by atoms with Gasteiger partial charge in [-0.15, -0.1) is 0 Å². The molecular weight excluding hydrogens is 198 g/mol. The molecule has 0 fully saturated rings. The third-order valence-electron chi connectivity index (χ3n) is 2.44. The number of hydrogen-bond acceptors (Lipinski definition) is 2. The second kappa shape index (κ2) is 4.71. The van der Waals surface area contributed by atoms with E-state index in [2.05, 4.69) is 0 Å². The summed E-state index contributed by atoms with van der Waals surface area (Å²) in [6.45, 7) is 2.66. The predicted molar refractivity (Wildman–Crippen MR) is 67.5 cm³/mol. The highest BCUT2D eigenvalue weighted by Crippen LogP contribution is 2.26. The van der Waals surface area contributed by atoms with Gasteiger partial charge < -0.3 is 10.5 Å². The van der Waals surface area contributed by atoms with Crippen LogP contribution in [0.5, 0.6) is 5.75 Å². The van der Waals surface area contributed by atoms with Crippen LogP contribution in [-0.4, -0.2) is 6.61 Å². The van der Waals surface area contributed by atoms with Gasteiger partial charge >= 0.3 is 0 Å². The van der Waals surface area contributed by atoms with Crippen molar-refractivity contribution >= 4 is 5.69 Å². The minimum atomic E-state index is 0.687. The lowest BCUT2D eigenvalue weighted by Crippen LogP contribution is -1.92. The zero-order valence-electron chi connectivity index (χ0n) is 9.31. The standard InChI is InChI=1S/C14H15NO/c1-2-16-12-9-7-11(8-10-12)13-5-3-4-6-14(13)15/h3-10H,2,15H2,1H3. The Bertz CT molecular complexity index is 462. The molecule has 0 radical (unpaired) electrons. The van der Waals surface area contributed by atoms with E-state index in [0.29, 0.717) is 6.61 Å². The maximum Gasteiger partial charge on any atom is 0.119 e. The smallest absolute Gasteiger partial charge is 0.119 e. The van der Waals surface area contributed by atoms with E-state index in [1.54, 1.807) is 0 Å². The van der Waals surface area contributed by atoms with Crippen LogP contribution >= 0.6 is 0 Å². The van der Waals surface area contributed by atoms with E-state index < -0.39 is 0 Å². The zero-order valence-corrected chi connectivity index (χ0v) is 9.31. The lowest BCUT2D eigenvalue weighted by Gasteiger charge is -2.07. The largest absolute Gasteiger partial charge is 0.494 e. The van der Waals surface area contributed by atoms with Crippen LogP contribution in [0.2, 0.25) is 0 Å². The fourth-order valence-corrected chi connectivity index (χ4v) is 1.66. The Kier molecular flexibility index (Phi) is 3.10. The van der Waals surface area contributed by atoms with E-state index in [1.807, 2.05) is 55.5 Å². The van der Waals surface area contributed by atoms with Crippen LogP contribution in [0, 0.1) is 0 Å². The van der Waals surface area contributed by atoms with Crippen molar-refractivity contribution in [1.82, 2.24) is 0 Å². The number of nitrogen functional groups attached to an aromatic ring is 1. The number of para-hydroxylation sites is 1. The molecule has 0 aliphatic carbocycles. The number of rotatable bonds is 3. The molecule has 0 amide bonds. The maximum atomic E-state index is 5.92. The van der Waals surface area contributed by atoms with Crippen LogP contribution < -0.4 is 10.5 Å². The summed E-state index contributed by atoms with van der Waals surface area (Å²) in [5, 5.41) is 0. The number of hydrogen-bond donors (Lipinski definition) is 1. The Labute approximate surface area is 95.7 Å². The highest BCUT2D eigenvalue weighted by atomic mass is 16.5. The molecule has 2 rings (SSSR count). The first-order valence-corrected chi connectivity index (χ1v) is 5.39. The summed E-state index contributed by atoms with van der Waals surface area (Å²) in [6.07, 6.45) is 0. The Hall–Kier alpha value is -1.96. The fourth-order valence-electron chi connectivity index (χ4n) is 1.66. The van der Waals surface area contributed by atoms with Gasteiger partial charge in [0.25, 0.3) is 0 Å². The van der Waals surface area contributed by atoms with Crippen LogP contribution in [0.1, 0.15) is 6.92 Å². The second-order valence-corrected chi connectivity index (χ2v) is 3.54. The summed E-state index contributed by atoms with van der Waals surface area (Å²) in [5.74, 6) is 0.890. The average Bonchev–Trinajstić information content (AvgIpc) is 2.31. The van der Waals surface area contributed by atoms with Gasteiger partial charge in [0.15, 0.2) is 0 Å². The van der Waals surface area contributed by atoms with E-state index in [4.69, 9.17) is 10.5 Å². The van der Waals surface area contributed by atoms with Gasteiger partial charge in [0.1, 0.15) is 5.75 Å². The van der Waals surface area contributed by atoms with Gasteiger partial charge in [-0.25, -0.2) is 0 Å². The molecule has 0 aromatic heterocycles. The number of nitrogens with two attached hydrogens (primary N) is 1. The molecule has 82 valence electrons. The molecule has 2 aromatic carbocycles. The van der Waals surface area contributed by atoms with Crippen LogP contribution in [0.4, 0.5) is 5.69 Å². The quantitative estimate of drug-likeness (QED) is 0.794. The van der Waals surface area contributed by atoms with Gasteiger partial charge in [0, 0.05) is 11.3 Å². The molecule has 2 N–H and O–H groups in total. The first kappa shape index (κ1) is 10.6. The monoisotopic (exact) mass is 213 g/mol. The first-order chi connectivity index (χ1) is 7.81. The zero-order chi connectivity index (χ0) is 11.4. The molecule has 0 spiro atoms. The van der Waals surface area contributed by atoms with Crippen LogP contribution in [-0.2, 0) is 0 Å². The maximum absolute atomic E-state index is 5.92. The second-order valence-electron chi connectivity index (χ2n) is 3.54. The summed E-state index contributed by atoms with van der Waals surface area (Å²) in [7, 11) is 0. The first-order valence-electron chi connectivity index (χ1n) is 5.39. The van der Waals surface area contributed by atoms with Crippen molar-refractivity contribution < 1.29 is 4.74 Å². The lowest BCUT2D eigenvalue weighted by atomic mass is 10.0. The van der Waals surface area contributed by atoms with E-state index >= 15 is 0 Å². The highest BCUT2D eigenvalue weighted by molar-refractivity contribution is 5.76. The normalized spacial score (nSPS) is 10.1. The average molecular weight is 213 g/mol. The summed E-state index contributed by atoms with van der Waals surface area (Å²) in [5.41, 5.74) is 8.89. The van der Waals surface area contributed by atoms with Crippen molar-refractivity contribution in [2.24, 2.45) is 0 Å². The molecule has 0 saturated carbocycles. The van der Waals surface area contributed by atoms with E-state index in [9.17, 15) is 0 Å². The summed E-state index contributed by atoms with van der Waals surface area (Å²) in [4.78, 5) is 0. The van der Waals surface area contributed by atoms with E-state index in [-0.39, 0.29) is 0 Å². The molecule has 0 atom stereocenters. The molecule has 16 heavy (non-hydrogen) atoms. The minimum Gasteiger partial charge on any atom is -0.494 e. The molecule has 0 heterocycles. The van der Waals surface area contributed by atoms with Gasteiger partial charge in [-0.3, -0.25) is 0 Å². The molecule has 2 nitrogen and oxygen atoms in total. The van der Waals surface area contributed by atoms with Crippen LogP contribution in [0.25, 0.3) is 11.1 Å². The van der Waals surface area contributed by atoms with Gasteiger partial charge in [-0.2, -0.15) is 0 Å². The number of anilines is 1. The van der Waals surface area contributed by atoms with E-state index in [0.717, 1.165) is 22.6 Å². The van der Waals surface area contributed by atoms with Crippen molar-refractivity contribution in [1.29, 1.82) is 0 Å². The third-order valence-corrected chi connectivity index (χ3v) is 2.44. The summed E-state index contributed by atoms with van der Waals surface area (Å²) < 4.78 is 5.40. The van der Waals surface area contributed by atoms with Gasteiger partial charge in [0.2, 0.25) is 0 Å². The third kappa shape index (κ3) is 2.16. The molecule has 0 aliphatic rings. The number of benzene rings is 2. The molecule has 0 bridgehead atoms.